The number of unbranched alkanes of at least 4 members (excludes halogenated alkanes) is 2. The summed E-state index contributed by atoms with van der Waals surface area (Å²) in [5.74, 6) is 2.70. The second kappa shape index (κ2) is 11.5. The molecule has 0 spiro atoms. The lowest BCUT2D eigenvalue weighted by Crippen LogP contribution is -2.06. The van der Waals surface area contributed by atoms with E-state index in [0.29, 0.717) is 0 Å². The molecule has 2 aromatic heterocycles. The normalized spacial score (nSPS) is 11.0. The molecule has 0 fully saturated rings. The van der Waals surface area contributed by atoms with Crippen LogP contribution in [0.1, 0.15) is 24.8 Å². The van der Waals surface area contributed by atoms with E-state index in [9.17, 15) is 0 Å². The Labute approximate surface area is 193 Å². The molecule has 0 bridgehead atoms. The summed E-state index contributed by atoms with van der Waals surface area (Å²) < 4.78 is 9.82. The Morgan fingerprint density at radius 3 is 2.53 bits per heavy atom. The summed E-state index contributed by atoms with van der Waals surface area (Å²) in [5, 5.41) is 14.3. The third-order valence-electron chi connectivity index (χ3n) is 5.35. The molecule has 2 heterocycles. The largest absolute Gasteiger partial charge is 0.496 e. The molecule has 4 aromatic rings. The quantitative estimate of drug-likeness (QED) is 0.216. The zero-order valence-corrected chi connectivity index (χ0v) is 19.2. The van der Waals surface area contributed by atoms with Crippen LogP contribution in [-0.4, -0.2) is 37.4 Å². The highest BCUT2D eigenvalue weighted by molar-refractivity contribution is 7.99. The maximum atomic E-state index is 5.59. The van der Waals surface area contributed by atoms with Gasteiger partial charge in [-0.1, -0.05) is 60.6 Å². The highest BCUT2D eigenvalue weighted by Gasteiger charge is 2.17. The standard InChI is InChI=1S/C25H29N5OS/c1-31-23-14-7-6-13-22(23)24-27-28-25(30(24)19-15-21-11-4-2-5-12-21)32-20-9-3-8-17-29-18-10-16-26-29/h2,4-7,10-14,16,18H,3,8-9,15,17,19-20H2,1H3. The summed E-state index contributed by atoms with van der Waals surface area (Å²) in [6.07, 6.45) is 8.22. The van der Waals surface area contributed by atoms with Gasteiger partial charge in [-0.3, -0.25) is 4.68 Å². The Morgan fingerprint density at radius 2 is 1.72 bits per heavy atom. The molecule has 0 aliphatic carbocycles. The van der Waals surface area contributed by atoms with Crippen molar-refractivity contribution in [2.24, 2.45) is 0 Å². The number of hydrogen-bond donors (Lipinski definition) is 0. The summed E-state index contributed by atoms with van der Waals surface area (Å²) in [4.78, 5) is 0. The van der Waals surface area contributed by atoms with E-state index in [2.05, 4.69) is 50.2 Å². The van der Waals surface area contributed by atoms with Crippen LogP contribution in [0.2, 0.25) is 0 Å². The lowest BCUT2D eigenvalue weighted by atomic mass is 10.1. The minimum atomic E-state index is 0.816. The van der Waals surface area contributed by atoms with E-state index in [1.165, 1.54) is 12.0 Å². The van der Waals surface area contributed by atoms with Crippen molar-refractivity contribution in [3.8, 4) is 17.1 Å². The molecule has 0 radical (unpaired) electrons. The van der Waals surface area contributed by atoms with Crippen molar-refractivity contribution >= 4 is 11.8 Å². The van der Waals surface area contributed by atoms with Crippen molar-refractivity contribution in [3.05, 3.63) is 78.6 Å². The van der Waals surface area contributed by atoms with Crippen LogP contribution in [0.4, 0.5) is 0 Å². The number of benzene rings is 2. The van der Waals surface area contributed by atoms with Crippen molar-refractivity contribution in [2.75, 3.05) is 12.9 Å². The van der Waals surface area contributed by atoms with E-state index in [1.807, 2.05) is 47.4 Å². The predicted molar refractivity (Wildman–Crippen MR) is 129 cm³/mol. The Morgan fingerprint density at radius 1 is 0.875 bits per heavy atom. The van der Waals surface area contributed by atoms with Crippen LogP contribution in [0.5, 0.6) is 5.75 Å². The Balaban J connectivity index is 1.42. The van der Waals surface area contributed by atoms with Gasteiger partial charge in [-0.2, -0.15) is 5.10 Å². The molecule has 0 saturated carbocycles. The lowest BCUT2D eigenvalue weighted by Gasteiger charge is -2.12. The van der Waals surface area contributed by atoms with Crippen molar-refractivity contribution in [1.29, 1.82) is 0 Å². The summed E-state index contributed by atoms with van der Waals surface area (Å²) in [6, 6.07) is 20.5. The first-order valence-electron chi connectivity index (χ1n) is 11.1. The van der Waals surface area contributed by atoms with Crippen LogP contribution in [0.25, 0.3) is 11.4 Å². The minimum absolute atomic E-state index is 0.816. The highest BCUT2D eigenvalue weighted by Crippen LogP contribution is 2.31. The van der Waals surface area contributed by atoms with Gasteiger partial charge in [-0.05, 0) is 43.0 Å². The average molecular weight is 448 g/mol. The third-order valence-corrected chi connectivity index (χ3v) is 6.41. The SMILES string of the molecule is COc1ccccc1-c1nnc(SCCCCCn2cccn2)n1CCc1ccccc1. The van der Waals surface area contributed by atoms with Gasteiger partial charge in [0.15, 0.2) is 11.0 Å². The number of hydrogen-bond acceptors (Lipinski definition) is 5. The van der Waals surface area contributed by atoms with Crippen LogP contribution >= 0.6 is 11.8 Å². The molecule has 0 N–H and O–H groups in total. The highest BCUT2D eigenvalue weighted by atomic mass is 32.2. The fraction of sp³-hybridized carbons (Fsp3) is 0.320. The molecule has 0 aliphatic rings. The molecule has 7 heteroatoms. The van der Waals surface area contributed by atoms with Crippen LogP contribution in [-0.2, 0) is 19.5 Å². The van der Waals surface area contributed by atoms with Gasteiger partial charge in [0, 0.05) is 31.2 Å². The van der Waals surface area contributed by atoms with Gasteiger partial charge in [0.2, 0.25) is 0 Å². The van der Waals surface area contributed by atoms with Gasteiger partial charge in [-0.25, -0.2) is 0 Å². The van der Waals surface area contributed by atoms with E-state index in [0.717, 1.165) is 60.4 Å². The summed E-state index contributed by atoms with van der Waals surface area (Å²) >= 11 is 1.79. The van der Waals surface area contributed by atoms with Crippen LogP contribution < -0.4 is 4.74 Å². The third kappa shape index (κ3) is 5.79. The molecular weight excluding hydrogens is 418 g/mol. The number of methoxy groups -OCH3 is 1. The van der Waals surface area contributed by atoms with E-state index in [4.69, 9.17) is 4.74 Å². The summed E-state index contributed by atoms with van der Waals surface area (Å²) in [5.41, 5.74) is 2.28. The van der Waals surface area contributed by atoms with E-state index >= 15 is 0 Å². The van der Waals surface area contributed by atoms with E-state index in [1.54, 1.807) is 18.9 Å². The number of rotatable bonds is 12. The first kappa shape index (κ1) is 22.1. The Bertz CT molecular complexity index is 1080. The molecule has 0 saturated heterocycles. The average Bonchev–Trinajstić information content (AvgIpc) is 3.50. The number of nitrogens with zero attached hydrogens (tertiary/aromatic N) is 5. The second-order valence-electron chi connectivity index (χ2n) is 7.57. The molecule has 166 valence electrons. The number of thioether (sulfide) groups is 1. The summed E-state index contributed by atoms with van der Waals surface area (Å²) in [7, 11) is 1.70. The monoisotopic (exact) mass is 447 g/mol. The van der Waals surface area contributed by atoms with Gasteiger partial charge < -0.3 is 9.30 Å². The van der Waals surface area contributed by atoms with Gasteiger partial charge in [-0.15, -0.1) is 10.2 Å². The Kier molecular flexibility index (Phi) is 7.98. The van der Waals surface area contributed by atoms with Gasteiger partial charge in [0.25, 0.3) is 0 Å². The van der Waals surface area contributed by atoms with E-state index in [-0.39, 0.29) is 0 Å². The lowest BCUT2D eigenvalue weighted by molar-refractivity contribution is 0.415. The fourth-order valence-electron chi connectivity index (χ4n) is 3.66. The maximum absolute atomic E-state index is 5.59. The molecular formula is C25H29N5OS. The first-order chi connectivity index (χ1) is 15.8. The van der Waals surface area contributed by atoms with Crippen molar-refractivity contribution < 1.29 is 4.74 Å². The summed E-state index contributed by atoms with van der Waals surface area (Å²) in [6.45, 7) is 1.80. The maximum Gasteiger partial charge on any atom is 0.191 e. The Hall–Kier alpha value is -3.06. The van der Waals surface area contributed by atoms with Gasteiger partial charge >= 0.3 is 0 Å². The topological polar surface area (TPSA) is 57.8 Å². The zero-order chi connectivity index (χ0) is 22.0. The number of ether oxygens (including phenoxy) is 1. The van der Waals surface area contributed by atoms with Crippen LogP contribution in [0.15, 0.2) is 78.2 Å². The minimum Gasteiger partial charge on any atom is -0.496 e. The molecule has 4 rings (SSSR count). The molecule has 0 aliphatic heterocycles. The fourth-order valence-corrected chi connectivity index (χ4v) is 4.62. The number of aromatic nitrogens is 5. The molecule has 0 atom stereocenters. The predicted octanol–water partition coefficient (Wildman–Crippen LogP) is 5.36. The molecule has 6 nitrogen and oxygen atoms in total. The van der Waals surface area contributed by atoms with Gasteiger partial charge in [0.05, 0.1) is 12.7 Å². The molecule has 32 heavy (non-hydrogen) atoms. The first-order valence-corrected chi connectivity index (χ1v) is 12.0. The van der Waals surface area contributed by atoms with Crippen molar-refractivity contribution in [2.45, 2.75) is 43.9 Å². The number of aryl methyl sites for hydroxylation is 2. The van der Waals surface area contributed by atoms with Crippen LogP contribution in [0.3, 0.4) is 0 Å². The van der Waals surface area contributed by atoms with Crippen molar-refractivity contribution in [1.82, 2.24) is 24.5 Å². The number of para-hydroxylation sites is 1. The van der Waals surface area contributed by atoms with Crippen LogP contribution in [0, 0.1) is 0 Å². The smallest absolute Gasteiger partial charge is 0.191 e. The van der Waals surface area contributed by atoms with Crippen molar-refractivity contribution in [3.63, 3.8) is 0 Å². The van der Waals surface area contributed by atoms with Gasteiger partial charge in [0.1, 0.15) is 5.75 Å². The second-order valence-corrected chi connectivity index (χ2v) is 8.63. The molecule has 0 amide bonds. The zero-order valence-electron chi connectivity index (χ0n) is 18.4. The molecule has 2 aromatic carbocycles. The van der Waals surface area contributed by atoms with E-state index < -0.39 is 0 Å². The molecule has 0 unspecified atom stereocenters.